The molecule has 0 unspecified atom stereocenters. The fourth-order valence-corrected chi connectivity index (χ4v) is 2.84. The minimum absolute atomic E-state index is 0.0377. The van der Waals surface area contributed by atoms with Crippen LogP contribution in [0, 0.1) is 5.82 Å². The number of benzene rings is 1. The second kappa shape index (κ2) is 5.93. The number of ketones is 1. The molecule has 0 saturated heterocycles. The summed E-state index contributed by atoms with van der Waals surface area (Å²) in [5, 5.41) is 2.72. The van der Waals surface area contributed by atoms with Gasteiger partial charge in [-0.25, -0.2) is 9.37 Å². The molecular weight excluding hydrogens is 289 g/mol. The van der Waals surface area contributed by atoms with Crippen molar-refractivity contribution in [2.24, 2.45) is 0 Å². The highest BCUT2D eigenvalue weighted by atomic mass is 32.1. The van der Waals surface area contributed by atoms with E-state index in [0.717, 1.165) is 10.7 Å². The first-order valence-corrected chi connectivity index (χ1v) is 7.51. The van der Waals surface area contributed by atoms with Crippen molar-refractivity contribution in [1.82, 2.24) is 4.98 Å². The zero-order chi connectivity index (χ0) is 15.6. The third kappa shape index (κ3) is 3.67. The van der Waals surface area contributed by atoms with Gasteiger partial charge in [0.1, 0.15) is 5.01 Å². The number of rotatable bonds is 4. The van der Waals surface area contributed by atoms with Crippen molar-refractivity contribution in [2.75, 3.05) is 7.11 Å². The Balaban J connectivity index is 2.14. The topological polar surface area (TPSA) is 39.2 Å². The van der Waals surface area contributed by atoms with E-state index in [-0.39, 0.29) is 23.4 Å². The van der Waals surface area contributed by atoms with E-state index in [2.05, 4.69) is 25.8 Å². The fourth-order valence-electron chi connectivity index (χ4n) is 1.82. The monoisotopic (exact) mass is 307 g/mol. The Kier molecular flexibility index (Phi) is 4.42. The molecule has 1 heterocycles. The van der Waals surface area contributed by atoms with E-state index in [4.69, 9.17) is 4.74 Å². The predicted molar refractivity (Wildman–Crippen MR) is 81.8 cm³/mol. The van der Waals surface area contributed by atoms with Gasteiger partial charge in [-0.05, 0) is 18.2 Å². The predicted octanol–water partition coefficient (Wildman–Crippen LogP) is 4.01. The number of aromatic nitrogens is 1. The Morgan fingerprint density at radius 1 is 1.38 bits per heavy atom. The lowest BCUT2D eigenvalue weighted by molar-refractivity contribution is 0.0992. The normalized spacial score (nSPS) is 11.5. The van der Waals surface area contributed by atoms with Gasteiger partial charge >= 0.3 is 0 Å². The molecule has 0 bridgehead atoms. The smallest absolute Gasteiger partial charge is 0.169 e. The number of halogens is 1. The SMILES string of the molecule is COc1ccc(C(=O)Cc2nc(C(C)(C)C)cs2)cc1F. The van der Waals surface area contributed by atoms with Crippen LogP contribution in [0.5, 0.6) is 5.75 Å². The number of thiazole rings is 1. The minimum Gasteiger partial charge on any atom is -0.494 e. The summed E-state index contributed by atoms with van der Waals surface area (Å²) in [5.41, 5.74) is 1.27. The summed E-state index contributed by atoms with van der Waals surface area (Å²) < 4.78 is 18.5. The highest BCUT2D eigenvalue weighted by Gasteiger charge is 2.19. The van der Waals surface area contributed by atoms with Gasteiger partial charge in [-0.2, -0.15) is 0 Å². The molecule has 0 aliphatic carbocycles. The number of nitrogens with zero attached hydrogens (tertiary/aromatic N) is 1. The molecule has 0 aliphatic heterocycles. The van der Waals surface area contributed by atoms with E-state index in [0.29, 0.717) is 5.56 Å². The summed E-state index contributed by atoms with van der Waals surface area (Å²) in [6, 6.07) is 4.24. The molecule has 0 atom stereocenters. The van der Waals surface area contributed by atoms with Crippen molar-refractivity contribution in [3.05, 3.63) is 45.7 Å². The molecule has 2 aromatic rings. The van der Waals surface area contributed by atoms with Crippen LogP contribution in [0.25, 0.3) is 0 Å². The van der Waals surface area contributed by atoms with Gasteiger partial charge in [-0.15, -0.1) is 11.3 Å². The van der Waals surface area contributed by atoms with Gasteiger partial charge in [-0.3, -0.25) is 4.79 Å². The standard InChI is InChI=1S/C16H18FNO2S/c1-16(2,3)14-9-21-15(18-14)8-12(19)10-5-6-13(20-4)11(17)7-10/h5-7,9H,8H2,1-4H3. The maximum Gasteiger partial charge on any atom is 0.169 e. The van der Waals surface area contributed by atoms with Crippen LogP contribution in [-0.4, -0.2) is 17.9 Å². The lowest BCUT2D eigenvalue weighted by Crippen LogP contribution is -2.12. The number of ether oxygens (including phenoxy) is 1. The largest absolute Gasteiger partial charge is 0.494 e. The molecule has 0 spiro atoms. The Hall–Kier alpha value is -1.75. The summed E-state index contributed by atoms with van der Waals surface area (Å²) >= 11 is 1.46. The van der Waals surface area contributed by atoms with Gasteiger partial charge in [0.25, 0.3) is 0 Å². The third-order valence-electron chi connectivity index (χ3n) is 3.11. The molecular formula is C16H18FNO2S. The molecule has 0 N–H and O–H groups in total. The summed E-state index contributed by atoms with van der Waals surface area (Å²) in [5.74, 6) is -0.542. The van der Waals surface area contributed by atoms with Crippen LogP contribution in [0.1, 0.15) is 41.8 Å². The maximum absolute atomic E-state index is 13.6. The zero-order valence-electron chi connectivity index (χ0n) is 12.6. The highest BCUT2D eigenvalue weighted by Crippen LogP contribution is 2.25. The Bertz CT molecular complexity index is 659. The van der Waals surface area contributed by atoms with E-state index in [1.807, 2.05) is 5.38 Å². The first-order chi connectivity index (χ1) is 9.81. The molecule has 5 heteroatoms. The van der Waals surface area contributed by atoms with Gasteiger partial charge in [0.15, 0.2) is 17.3 Å². The fraction of sp³-hybridized carbons (Fsp3) is 0.375. The van der Waals surface area contributed by atoms with E-state index >= 15 is 0 Å². The molecule has 1 aromatic heterocycles. The summed E-state index contributed by atoms with van der Waals surface area (Å²) in [4.78, 5) is 16.7. The average molecular weight is 307 g/mol. The van der Waals surface area contributed by atoms with Gasteiger partial charge in [0, 0.05) is 16.4 Å². The molecule has 112 valence electrons. The average Bonchev–Trinajstić information content (AvgIpc) is 2.87. The van der Waals surface area contributed by atoms with Crippen molar-refractivity contribution in [1.29, 1.82) is 0 Å². The highest BCUT2D eigenvalue weighted by molar-refractivity contribution is 7.09. The van der Waals surface area contributed by atoms with Crippen LogP contribution < -0.4 is 4.74 Å². The number of Topliss-reactive ketones (excluding diaryl/α,β-unsaturated/α-hetero) is 1. The molecule has 1 aromatic carbocycles. The zero-order valence-corrected chi connectivity index (χ0v) is 13.4. The van der Waals surface area contributed by atoms with Crippen LogP contribution in [0.4, 0.5) is 4.39 Å². The molecule has 3 nitrogen and oxygen atoms in total. The summed E-state index contributed by atoms with van der Waals surface area (Å²) in [6.07, 6.45) is 0.187. The Morgan fingerprint density at radius 2 is 2.10 bits per heavy atom. The van der Waals surface area contributed by atoms with Crippen molar-refractivity contribution in [2.45, 2.75) is 32.6 Å². The first kappa shape index (κ1) is 15.6. The quantitative estimate of drug-likeness (QED) is 0.801. The number of hydrogen-bond acceptors (Lipinski definition) is 4. The van der Waals surface area contributed by atoms with Crippen molar-refractivity contribution < 1.29 is 13.9 Å². The molecule has 0 fully saturated rings. The maximum atomic E-state index is 13.6. The molecule has 2 rings (SSSR count). The van der Waals surface area contributed by atoms with Crippen LogP contribution in [0.15, 0.2) is 23.6 Å². The van der Waals surface area contributed by atoms with E-state index < -0.39 is 5.82 Å². The summed E-state index contributed by atoms with van der Waals surface area (Å²) in [7, 11) is 1.39. The Labute approximate surface area is 127 Å². The van der Waals surface area contributed by atoms with Gasteiger partial charge in [0.2, 0.25) is 0 Å². The number of hydrogen-bond donors (Lipinski definition) is 0. The van der Waals surface area contributed by atoms with Crippen LogP contribution >= 0.6 is 11.3 Å². The molecule has 0 amide bonds. The van der Waals surface area contributed by atoms with Gasteiger partial charge in [-0.1, -0.05) is 20.8 Å². The van der Waals surface area contributed by atoms with Crippen LogP contribution in [0.2, 0.25) is 0 Å². The van der Waals surface area contributed by atoms with Crippen molar-refractivity contribution in [3.8, 4) is 5.75 Å². The summed E-state index contributed by atoms with van der Waals surface area (Å²) in [6.45, 7) is 6.23. The van der Waals surface area contributed by atoms with E-state index in [1.165, 1.54) is 30.6 Å². The second-order valence-electron chi connectivity index (χ2n) is 5.83. The third-order valence-corrected chi connectivity index (χ3v) is 3.95. The minimum atomic E-state index is -0.530. The van der Waals surface area contributed by atoms with Crippen molar-refractivity contribution >= 4 is 17.1 Å². The van der Waals surface area contributed by atoms with E-state index in [9.17, 15) is 9.18 Å². The second-order valence-corrected chi connectivity index (χ2v) is 6.77. The van der Waals surface area contributed by atoms with Gasteiger partial charge in [0.05, 0.1) is 19.2 Å². The van der Waals surface area contributed by atoms with Crippen LogP contribution in [-0.2, 0) is 11.8 Å². The Morgan fingerprint density at radius 3 is 2.62 bits per heavy atom. The van der Waals surface area contributed by atoms with Crippen LogP contribution in [0.3, 0.4) is 0 Å². The lowest BCUT2D eigenvalue weighted by Gasteiger charge is -2.14. The van der Waals surface area contributed by atoms with E-state index in [1.54, 1.807) is 6.07 Å². The number of carbonyl (C=O) groups is 1. The first-order valence-electron chi connectivity index (χ1n) is 6.63. The molecule has 21 heavy (non-hydrogen) atoms. The molecule has 0 aliphatic rings. The molecule has 0 radical (unpaired) electrons. The lowest BCUT2D eigenvalue weighted by atomic mass is 9.93. The molecule has 0 saturated carbocycles. The van der Waals surface area contributed by atoms with Crippen molar-refractivity contribution in [3.63, 3.8) is 0 Å². The van der Waals surface area contributed by atoms with Gasteiger partial charge < -0.3 is 4.74 Å². The number of carbonyl (C=O) groups excluding carboxylic acids is 1. The number of methoxy groups -OCH3 is 1.